The number of carbonyl (C=O) groups excluding carboxylic acids is 2. The molecule has 46 heavy (non-hydrogen) atoms. The predicted octanol–water partition coefficient (Wildman–Crippen LogP) is 10.5. The lowest BCUT2D eigenvalue weighted by molar-refractivity contribution is 0.0489. The van der Waals surface area contributed by atoms with Crippen LogP contribution in [0.5, 0.6) is 0 Å². The smallest absolute Gasteiger partial charge is 0.338 e. The van der Waals surface area contributed by atoms with Gasteiger partial charge in [-0.15, -0.1) is 0 Å². The van der Waals surface area contributed by atoms with Gasteiger partial charge in [0.25, 0.3) is 0 Å². The van der Waals surface area contributed by atoms with Gasteiger partial charge < -0.3 is 19.3 Å². The zero-order chi connectivity index (χ0) is 33.5. The molecule has 0 N–H and O–H groups in total. The van der Waals surface area contributed by atoms with Gasteiger partial charge in [-0.25, -0.2) is 9.59 Å². The lowest BCUT2D eigenvalue weighted by Crippen LogP contribution is -2.22. The summed E-state index contributed by atoms with van der Waals surface area (Å²) in [4.78, 5) is 29.8. The average Bonchev–Trinajstić information content (AvgIpc) is 3.06. The van der Waals surface area contributed by atoms with Crippen LogP contribution in [0.4, 0.5) is 0 Å². The molecule has 0 saturated heterocycles. The molecule has 1 rings (SSSR count). The summed E-state index contributed by atoms with van der Waals surface area (Å²) in [6, 6.07) is 6.69. The second-order valence-corrected chi connectivity index (χ2v) is 13.5. The van der Waals surface area contributed by atoms with Crippen LogP contribution in [0, 0.1) is 0 Å². The number of carbonyl (C=O) groups is 2. The Morgan fingerprint density at radius 1 is 0.478 bits per heavy atom. The van der Waals surface area contributed by atoms with Gasteiger partial charge in [-0.2, -0.15) is 0 Å². The minimum atomic E-state index is -0.388. The van der Waals surface area contributed by atoms with Crippen molar-refractivity contribution in [2.45, 2.75) is 155 Å². The molecule has 0 unspecified atom stereocenters. The fourth-order valence-electron chi connectivity index (χ4n) is 5.90. The summed E-state index contributed by atoms with van der Waals surface area (Å²) in [5.74, 6) is -0.777. The topological polar surface area (TPSA) is 59.1 Å². The third kappa shape index (κ3) is 24.3. The van der Waals surface area contributed by atoms with E-state index in [2.05, 4.69) is 37.7 Å². The third-order valence-corrected chi connectivity index (χ3v) is 8.96. The lowest BCUT2D eigenvalue weighted by atomic mass is 10.1. The van der Waals surface area contributed by atoms with E-state index in [9.17, 15) is 9.59 Å². The maximum Gasteiger partial charge on any atom is 0.338 e. The first kappa shape index (κ1) is 42.1. The molecule has 1 aromatic rings. The Bertz CT molecular complexity index is 796. The summed E-state index contributed by atoms with van der Waals surface area (Å²) in [6.45, 7) is 9.28. The minimum Gasteiger partial charge on any atom is -0.462 e. The Hall–Kier alpha value is -1.92. The summed E-state index contributed by atoms with van der Waals surface area (Å²) in [5.41, 5.74) is 0.786. The van der Waals surface area contributed by atoms with Crippen LogP contribution in [0.25, 0.3) is 0 Å². The van der Waals surface area contributed by atoms with Gasteiger partial charge in [-0.1, -0.05) is 135 Å². The lowest BCUT2D eigenvalue weighted by Gasteiger charge is -2.16. The van der Waals surface area contributed by atoms with E-state index < -0.39 is 0 Å². The molecular weight excluding hydrogens is 572 g/mol. The second-order valence-electron chi connectivity index (χ2n) is 13.5. The number of hydrogen-bond acceptors (Lipinski definition) is 6. The van der Waals surface area contributed by atoms with Crippen LogP contribution >= 0.6 is 0 Å². The van der Waals surface area contributed by atoms with Crippen LogP contribution in [0.15, 0.2) is 24.3 Å². The van der Waals surface area contributed by atoms with Crippen LogP contribution in [-0.4, -0.2) is 75.2 Å². The van der Waals surface area contributed by atoms with Crippen molar-refractivity contribution in [1.29, 1.82) is 0 Å². The van der Waals surface area contributed by atoms with Crippen LogP contribution in [0.1, 0.15) is 176 Å². The van der Waals surface area contributed by atoms with Crippen LogP contribution < -0.4 is 0 Å². The van der Waals surface area contributed by atoms with E-state index in [0.29, 0.717) is 24.3 Å². The average molecular weight is 645 g/mol. The summed E-state index contributed by atoms with van der Waals surface area (Å²) >= 11 is 0. The van der Waals surface area contributed by atoms with Crippen molar-refractivity contribution in [3.63, 3.8) is 0 Å². The van der Waals surface area contributed by atoms with Gasteiger partial charge in [0.1, 0.15) is 0 Å². The Morgan fingerprint density at radius 3 is 1.13 bits per heavy atom. The number of nitrogens with zero attached hydrogens (tertiary/aromatic N) is 2. The number of unbranched alkanes of at least 4 members (excludes halogenated alkanes) is 18. The van der Waals surface area contributed by atoms with E-state index in [1.807, 2.05) is 0 Å². The Labute approximate surface area is 284 Å². The maximum atomic E-state index is 12.6. The van der Waals surface area contributed by atoms with Gasteiger partial charge in [0, 0.05) is 13.1 Å². The molecule has 0 aliphatic heterocycles. The van der Waals surface area contributed by atoms with E-state index in [-0.39, 0.29) is 11.9 Å². The molecule has 6 nitrogen and oxygen atoms in total. The molecule has 0 bridgehead atoms. The molecule has 0 fully saturated rings. The molecule has 0 amide bonds. The first-order chi connectivity index (χ1) is 22.5. The Balaban J connectivity index is 2.09. The zero-order valence-electron chi connectivity index (χ0n) is 30.6. The molecule has 0 radical (unpaired) electrons. The molecule has 266 valence electrons. The highest BCUT2D eigenvalue weighted by atomic mass is 16.5. The Kier molecular flexibility index (Phi) is 27.8. The van der Waals surface area contributed by atoms with Crippen molar-refractivity contribution < 1.29 is 19.1 Å². The highest BCUT2D eigenvalue weighted by Crippen LogP contribution is 2.13. The summed E-state index contributed by atoms with van der Waals surface area (Å²) < 4.78 is 11.0. The fraction of sp³-hybridized carbons (Fsp3) is 0.800. The van der Waals surface area contributed by atoms with E-state index in [4.69, 9.17) is 9.47 Å². The first-order valence-electron chi connectivity index (χ1n) is 19.3. The minimum absolute atomic E-state index is 0.378. The quantitative estimate of drug-likeness (QED) is 0.0574. The molecule has 0 atom stereocenters. The van der Waals surface area contributed by atoms with E-state index in [1.165, 1.54) is 128 Å². The summed E-state index contributed by atoms with van der Waals surface area (Å²) in [5, 5.41) is 0. The number of esters is 2. The number of hydrogen-bond donors (Lipinski definition) is 0. The molecule has 1 aromatic carbocycles. The van der Waals surface area contributed by atoms with Gasteiger partial charge in [0.05, 0.1) is 24.3 Å². The summed E-state index contributed by atoms with van der Waals surface area (Å²) in [7, 11) is 4.28. The highest BCUT2D eigenvalue weighted by Gasteiger charge is 2.13. The molecule has 0 aromatic heterocycles. The van der Waals surface area contributed by atoms with Gasteiger partial charge in [-0.3, -0.25) is 0 Å². The normalized spacial score (nSPS) is 11.4. The molecular formula is C40H72N2O4. The standard InChI is InChI=1S/C40H72N2O4/c1-5-7-9-11-13-15-17-19-21-23-30-41(3)32-26-34-45-39(43)37-28-25-29-38(36-37)40(44)46-35-27-33-42(4)31-24-22-20-18-16-14-12-10-8-6-2/h25,28-29,36H,5-24,26-27,30-35H2,1-4H3. The van der Waals surface area contributed by atoms with E-state index >= 15 is 0 Å². The maximum absolute atomic E-state index is 12.6. The fourth-order valence-corrected chi connectivity index (χ4v) is 5.90. The van der Waals surface area contributed by atoms with Crippen molar-refractivity contribution in [2.24, 2.45) is 0 Å². The number of benzene rings is 1. The SMILES string of the molecule is CCCCCCCCCCCCN(C)CCCOC(=O)c1cccc(C(=O)OCCCN(C)CCCCCCCCCCCC)c1. The molecule has 6 heteroatoms. The van der Waals surface area contributed by atoms with Crippen molar-refractivity contribution in [3.8, 4) is 0 Å². The second kappa shape index (κ2) is 30.4. The summed E-state index contributed by atoms with van der Waals surface area (Å²) in [6.07, 6.45) is 28.6. The molecule has 0 saturated carbocycles. The van der Waals surface area contributed by atoms with Crippen LogP contribution in [0.2, 0.25) is 0 Å². The zero-order valence-corrected chi connectivity index (χ0v) is 30.6. The van der Waals surface area contributed by atoms with Gasteiger partial charge in [0.2, 0.25) is 0 Å². The van der Waals surface area contributed by atoms with Crippen molar-refractivity contribution >= 4 is 11.9 Å². The number of rotatable bonds is 32. The molecule has 0 spiro atoms. The molecule has 0 aliphatic rings. The largest absolute Gasteiger partial charge is 0.462 e. The molecule has 0 aliphatic carbocycles. The van der Waals surface area contributed by atoms with E-state index in [0.717, 1.165) is 39.0 Å². The molecule has 0 heterocycles. The Morgan fingerprint density at radius 2 is 0.783 bits per heavy atom. The third-order valence-electron chi connectivity index (χ3n) is 8.96. The van der Waals surface area contributed by atoms with Crippen LogP contribution in [-0.2, 0) is 9.47 Å². The van der Waals surface area contributed by atoms with Crippen molar-refractivity contribution in [2.75, 3.05) is 53.5 Å². The van der Waals surface area contributed by atoms with E-state index in [1.54, 1.807) is 24.3 Å². The van der Waals surface area contributed by atoms with Crippen molar-refractivity contribution in [1.82, 2.24) is 9.80 Å². The van der Waals surface area contributed by atoms with Crippen molar-refractivity contribution in [3.05, 3.63) is 35.4 Å². The van der Waals surface area contributed by atoms with Gasteiger partial charge >= 0.3 is 11.9 Å². The first-order valence-corrected chi connectivity index (χ1v) is 19.3. The van der Waals surface area contributed by atoms with Crippen LogP contribution in [0.3, 0.4) is 0 Å². The van der Waals surface area contributed by atoms with Gasteiger partial charge in [0.15, 0.2) is 0 Å². The van der Waals surface area contributed by atoms with Gasteiger partial charge in [-0.05, 0) is 71.1 Å². The highest BCUT2D eigenvalue weighted by molar-refractivity contribution is 5.95. The number of ether oxygens (including phenoxy) is 2. The predicted molar refractivity (Wildman–Crippen MR) is 195 cm³/mol. The monoisotopic (exact) mass is 645 g/mol.